The molecule has 0 aliphatic rings. The van der Waals surface area contributed by atoms with E-state index in [9.17, 15) is 0 Å². The van der Waals surface area contributed by atoms with Gasteiger partial charge >= 0.3 is 0 Å². The fourth-order valence-electron chi connectivity index (χ4n) is 1.31. The van der Waals surface area contributed by atoms with Crippen molar-refractivity contribution in [2.45, 2.75) is 33.1 Å². The van der Waals surface area contributed by atoms with Gasteiger partial charge in [0.05, 0.1) is 10.7 Å². The molecule has 1 heterocycles. The molecule has 0 saturated carbocycles. The Hall–Kier alpha value is -0.670. The van der Waals surface area contributed by atoms with Crippen molar-refractivity contribution in [2.24, 2.45) is 0 Å². The lowest BCUT2D eigenvalue weighted by Gasteiger charge is -1.97. The van der Waals surface area contributed by atoms with E-state index < -0.39 is 0 Å². The second-order valence-corrected chi connectivity index (χ2v) is 4.63. The maximum atomic E-state index is 4.41. The molecule has 0 aromatic carbocycles. The molecule has 0 radical (unpaired) electrons. The van der Waals surface area contributed by atoms with Gasteiger partial charge in [-0.3, -0.25) is 0 Å². The third-order valence-electron chi connectivity index (χ3n) is 2.07. The van der Waals surface area contributed by atoms with Crippen LogP contribution < -0.4 is 5.32 Å². The molecule has 0 atom stereocenters. The molecular weight excluding hydrogens is 204 g/mol. The molecule has 0 saturated heterocycles. The number of thiazole rings is 1. The largest absolute Gasteiger partial charge is 0.316 e. The third kappa shape index (κ3) is 5.70. The van der Waals surface area contributed by atoms with Gasteiger partial charge in [0.1, 0.15) is 0 Å². The van der Waals surface area contributed by atoms with Crippen LogP contribution >= 0.6 is 11.3 Å². The molecule has 0 unspecified atom stereocenters. The maximum Gasteiger partial charge on any atom is 0.0897 e. The standard InChI is InChI=1S/C12H20N2S/c1-3-8-13-9-6-4-5-7-12-10-15-11(2)14-12/h4-5,10,13H,3,6-9H2,1-2H3. The Morgan fingerprint density at radius 2 is 2.27 bits per heavy atom. The molecule has 2 nitrogen and oxygen atoms in total. The Bertz CT molecular complexity index is 292. The molecule has 0 aliphatic carbocycles. The van der Waals surface area contributed by atoms with Crippen LogP contribution in [0.1, 0.15) is 30.5 Å². The summed E-state index contributed by atoms with van der Waals surface area (Å²) < 4.78 is 0. The van der Waals surface area contributed by atoms with Crippen molar-refractivity contribution >= 4 is 11.3 Å². The number of aromatic nitrogens is 1. The maximum absolute atomic E-state index is 4.41. The second-order valence-electron chi connectivity index (χ2n) is 3.57. The lowest BCUT2D eigenvalue weighted by Crippen LogP contribution is -2.14. The van der Waals surface area contributed by atoms with E-state index in [0.29, 0.717) is 0 Å². The van der Waals surface area contributed by atoms with Gasteiger partial charge in [-0.1, -0.05) is 19.1 Å². The van der Waals surface area contributed by atoms with Crippen LogP contribution in [-0.4, -0.2) is 18.1 Å². The topological polar surface area (TPSA) is 24.9 Å². The van der Waals surface area contributed by atoms with Crippen LogP contribution in [0.5, 0.6) is 0 Å². The molecule has 0 amide bonds. The monoisotopic (exact) mass is 224 g/mol. The van der Waals surface area contributed by atoms with Gasteiger partial charge in [-0.2, -0.15) is 0 Å². The summed E-state index contributed by atoms with van der Waals surface area (Å²) in [6.45, 7) is 6.44. The number of hydrogen-bond acceptors (Lipinski definition) is 3. The zero-order valence-corrected chi connectivity index (χ0v) is 10.4. The van der Waals surface area contributed by atoms with Crippen LogP contribution in [0.25, 0.3) is 0 Å². The predicted molar refractivity (Wildman–Crippen MR) is 67.5 cm³/mol. The van der Waals surface area contributed by atoms with Gasteiger partial charge < -0.3 is 5.32 Å². The van der Waals surface area contributed by atoms with E-state index in [1.54, 1.807) is 11.3 Å². The molecule has 0 aliphatic heterocycles. The molecule has 84 valence electrons. The van der Waals surface area contributed by atoms with E-state index in [0.717, 1.165) is 30.9 Å². The molecule has 1 aromatic heterocycles. The highest BCUT2D eigenvalue weighted by molar-refractivity contribution is 7.09. The first kappa shape index (κ1) is 12.4. The predicted octanol–water partition coefficient (Wildman–Crippen LogP) is 2.94. The average Bonchev–Trinajstić information content (AvgIpc) is 2.63. The minimum absolute atomic E-state index is 0.970. The Labute approximate surface area is 96.4 Å². The van der Waals surface area contributed by atoms with Crippen molar-refractivity contribution in [3.05, 3.63) is 28.2 Å². The quantitative estimate of drug-likeness (QED) is 0.569. The Morgan fingerprint density at radius 1 is 1.40 bits per heavy atom. The highest BCUT2D eigenvalue weighted by Crippen LogP contribution is 2.08. The second kappa shape index (κ2) is 7.60. The number of nitrogens with zero attached hydrogens (tertiary/aromatic N) is 1. The number of allylic oxidation sites excluding steroid dienone is 1. The fraction of sp³-hybridized carbons (Fsp3) is 0.583. The van der Waals surface area contributed by atoms with Gasteiger partial charge in [0.25, 0.3) is 0 Å². The van der Waals surface area contributed by atoms with Crippen LogP contribution in [0, 0.1) is 6.92 Å². The van der Waals surface area contributed by atoms with Crippen LogP contribution in [0.3, 0.4) is 0 Å². The molecule has 1 rings (SSSR count). The molecule has 0 spiro atoms. The summed E-state index contributed by atoms with van der Waals surface area (Å²) in [7, 11) is 0. The van der Waals surface area contributed by atoms with Crippen LogP contribution in [0.4, 0.5) is 0 Å². The van der Waals surface area contributed by atoms with Gasteiger partial charge in [0.15, 0.2) is 0 Å². The van der Waals surface area contributed by atoms with Crippen molar-refractivity contribution in [3.63, 3.8) is 0 Å². The van der Waals surface area contributed by atoms with Crippen molar-refractivity contribution in [3.8, 4) is 0 Å². The van der Waals surface area contributed by atoms with Gasteiger partial charge in [-0.05, 0) is 32.9 Å². The zero-order chi connectivity index (χ0) is 10.9. The van der Waals surface area contributed by atoms with Gasteiger partial charge in [0, 0.05) is 11.8 Å². The molecule has 15 heavy (non-hydrogen) atoms. The van der Waals surface area contributed by atoms with E-state index >= 15 is 0 Å². The fourth-order valence-corrected chi connectivity index (χ4v) is 1.94. The van der Waals surface area contributed by atoms with E-state index in [1.165, 1.54) is 12.1 Å². The molecule has 0 bridgehead atoms. The summed E-state index contributed by atoms with van der Waals surface area (Å²) >= 11 is 1.72. The number of aryl methyl sites for hydroxylation is 1. The van der Waals surface area contributed by atoms with Crippen molar-refractivity contribution in [1.82, 2.24) is 10.3 Å². The summed E-state index contributed by atoms with van der Waals surface area (Å²) in [5.41, 5.74) is 1.19. The number of hydrogen-bond donors (Lipinski definition) is 1. The lowest BCUT2D eigenvalue weighted by molar-refractivity contribution is 0.678. The number of nitrogens with one attached hydrogen (secondary N) is 1. The molecule has 3 heteroatoms. The third-order valence-corrected chi connectivity index (χ3v) is 2.90. The lowest BCUT2D eigenvalue weighted by atomic mass is 10.3. The highest BCUT2D eigenvalue weighted by Gasteiger charge is 1.93. The summed E-state index contributed by atoms with van der Waals surface area (Å²) in [5.74, 6) is 0. The molecular formula is C12H20N2S. The van der Waals surface area contributed by atoms with E-state index in [-0.39, 0.29) is 0 Å². The summed E-state index contributed by atoms with van der Waals surface area (Å²) in [6.07, 6.45) is 7.74. The van der Waals surface area contributed by atoms with Crippen LogP contribution in [0.15, 0.2) is 17.5 Å². The van der Waals surface area contributed by atoms with Crippen LogP contribution in [0.2, 0.25) is 0 Å². The Kier molecular flexibility index (Phi) is 6.28. The first-order chi connectivity index (χ1) is 7.33. The summed E-state index contributed by atoms with van der Waals surface area (Å²) in [5, 5.41) is 6.66. The Balaban J connectivity index is 2.06. The highest BCUT2D eigenvalue weighted by atomic mass is 32.1. The first-order valence-electron chi connectivity index (χ1n) is 5.59. The van der Waals surface area contributed by atoms with Gasteiger partial charge in [-0.15, -0.1) is 11.3 Å². The van der Waals surface area contributed by atoms with Crippen LogP contribution in [-0.2, 0) is 6.42 Å². The SMILES string of the molecule is CCCNCCC=CCc1csc(C)n1. The summed E-state index contributed by atoms with van der Waals surface area (Å²) in [4.78, 5) is 4.41. The molecule has 1 N–H and O–H groups in total. The first-order valence-corrected chi connectivity index (χ1v) is 6.47. The normalized spacial score (nSPS) is 11.3. The van der Waals surface area contributed by atoms with Gasteiger partial charge in [0.2, 0.25) is 0 Å². The van der Waals surface area contributed by atoms with E-state index in [1.807, 2.05) is 6.92 Å². The Morgan fingerprint density at radius 3 is 2.93 bits per heavy atom. The van der Waals surface area contributed by atoms with Crippen molar-refractivity contribution in [2.75, 3.05) is 13.1 Å². The van der Waals surface area contributed by atoms with E-state index in [2.05, 4.69) is 34.8 Å². The smallest absolute Gasteiger partial charge is 0.0897 e. The minimum atomic E-state index is 0.970. The summed E-state index contributed by atoms with van der Waals surface area (Å²) in [6, 6.07) is 0. The molecule has 1 aromatic rings. The minimum Gasteiger partial charge on any atom is -0.316 e. The van der Waals surface area contributed by atoms with E-state index in [4.69, 9.17) is 0 Å². The average molecular weight is 224 g/mol. The van der Waals surface area contributed by atoms with Crippen molar-refractivity contribution in [1.29, 1.82) is 0 Å². The molecule has 0 fully saturated rings. The van der Waals surface area contributed by atoms with Crippen molar-refractivity contribution < 1.29 is 0 Å². The number of rotatable bonds is 7. The van der Waals surface area contributed by atoms with Gasteiger partial charge in [-0.25, -0.2) is 4.98 Å². The zero-order valence-electron chi connectivity index (χ0n) is 9.62.